The van der Waals surface area contributed by atoms with Crippen LogP contribution in [-0.2, 0) is 27.9 Å². The summed E-state index contributed by atoms with van der Waals surface area (Å²) in [6.45, 7) is 7.08. The predicted molar refractivity (Wildman–Crippen MR) is 342 cm³/mol. The number of carbonyl (C=O) groups is 2. The highest BCUT2D eigenvalue weighted by molar-refractivity contribution is 7.47. The number of phosphoric acid groups is 1. The lowest BCUT2D eigenvalue weighted by Gasteiger charge is -2.27. The van der Waals surface area contributed by atoms with Crippen LogP contribution in [0.1, 0.15) is 367 Å². The van der Waals surface area contributed by atoms with Gasteiger partial charge in [-0.15, -0.1) is 0 Å². The van der Waals surface area contributed by atoms with Gasteiger partial charge in [-0.2, -0.15) is 0 Å². The zero-order valence-corrected chi connectivity index (χ0v) is 54.8. The molecular weight excluding hydrogens is 1000 g/mol. The summed E-state index contributed by atoms with van der Waals surface area (Å²) < 4.78 is 30.8. The summed E-state index contributed by atoms with van der Waals surface area (Å²) in [5.74, 6) is -0.480. The highest BCUT2D eigenvalue weighted by atomic mass is 31.2. The summed E-state index contributed by atoms with van der Waals surface area (Å²) in [5.41, 5.74) is 0. The number of likely N-dealkylation sites (N-methyl/N-ethyl adjacent to an activating group) is 1. The molecule has 10 heteroatoms. The molecule has 79 heavy (non-hydrogen) atoms. The number of phosphoric ester groups is 1. The number of esters is 1. The molecule has 0 saturated carbocycles. The lowest BCUT2D eigenvalue weighted by molar-refractivity contribution is -0.870. The van der Waals surface area contributed by atoms with Crippen LogP contribution in [0.15, 0.2) is 12.2 Å². The molecule has 1 amide bonds. The van der Waals surface area contributed by atoms with Crippen LogP contribution < -0.4 is 5.32 Å². The summed E-state index contributed by atoms with van der Waals surface area (Å²) in [4.78, 5) is 37.8. The number of amides is 1. The van der Waals surface area contributed by atoms with Crippen LogP contribution in [0.3, 0.4) is 0 Å². The third-order valence-electron chi connectivity index (χ3n) is 16.2. The summed E-state index contributed by atoms with van der Waals surface area (Å²) >= 11 is 0. The average Bonchev–Trinajstić information content (AvgIpc) is 3.41. The highest BCUT2D eigenvalue weighted by Gasteiger charge is 2.30. The van der Waals surface area contributed by atoms with Crippen LogP contribution >= 0.6 is 7.82 Å². The number of rotatable bonds is 65. The summed E-state index contributed by atoms with van der Waals surface area (Å²) in [6, 6.07) is -0.839. The van der Waals surface area contributed by atoms with E-state index < -0.39 is 20.0 Å². The van der Waals surface area contributed by atoms with Crippen molar-refractivity contribution >= 4 is 19.7 Å². The number of unbranched alkanes of at least 4 members (excludes halogenated alkanes) is 49. The van der Waals surface area contributed by atoms with E-state index in [0.717, 1.165) is 57.8 Å². The fourth-order valence-corrected chi connectivity index (χ4v) is 11.6. The normalized spacial score (nSPS) is 13.6. The Morgan fingerprint density at radius 2 is 0.722 bits per heavy atom. The molecular formula is C69H138N2O7P+. The Bertz CT molecular complexity index is 1360. The van der Waals surface area contributed by atoms with Gasteiger partial charge in [0.05, 0.1) is 33.8 Å². The summed E-state index contributed by atoms with van der Waals surface area (Å²) in [6.07, 6.45) is 70.9. The molecule has 0 aliphatic carbocycles. The molecule has 9 nitrogen and oxygen atoms in total. The maximum Gasteiger partial charge on any atom is 0.472 e. The van der Waals surface area contributed by atoms with Gasteiger partial charge in [-0.05, 0) is 31.8 Å². The highest BCUT2D eigenvalue weighted by Crippen LogP contribution is 2.43. The standard InChI is InChI=1S/C69H137N2O7P/c1-7-10-13-16-19-22-25-27-29-30-31-32-33-34-35-36-37-38-39-40-42-44-47-50-53-56-59-62-69(73)78-67(60-57-54-51-48-45-24-21-18-15-12-9-3)66(65-77-79(74,75)76-64-63-71(4,5)6)70-68(72)61-58-55-52-49-46-43-41-28-26-23-20-17-14-11-8-2/h57,60,66-67H,7-56,58-59,61-65H2,1-6H3,(H-,70,72,74,75)/p+1/b60-57-. The minimum Gasteiger partial charge on any atom is -0.456 e. The quantitative estimate of drug-likeness (QED) is 0.0205. The molecule has 0 rings (SSSR count). The van der Waals surface area contributed by atoms with E-state index in [4.69, 9.17) is 13.8 Å². The second kappa shape index (κ2) is 59.9. The van der Waals surface area contributed by atoms with Crippen molar-refractivity contribution in [2.45, 2.75) is 380 Å². The molecule has 2 N–H and O–H groups in total. The molecule has 3 atom stereocenters. The van der Waals surface area contributed by atoms with Gasteiger partial charge < -0.3 is 19.4 Å². The molecule has 0 heterocycles. The zero-order chi connectivity index (χ0) is 57.9. The van der Waals surface area contributed by atoms with Crippen LogP contribution in [0.25, 0.3) is 0 Å². The number of ether oxygens (including phenoxy) is 1. The topological polar surface area (TPSA) is 111 Å². The molecule has 0 fully saturated rings. The van der Waals surface area contributed by atoms with E-state index in [2.05, 4.69) is 26.1 Å². The van der Waals surface area contributed by atoms with Gasteiger partial charge in [-0.1, -0.05) is 335 Å². The van der Waals surface area contributed by atoms with E-state index in [1.54, 1.807) is 0 Å². The van der Waals surface area contributed by atoms with Crippen LogP contribution in [0, 0.1) is 0 Å². The number of quaternary nitrogens is 1. The lowest BCUT2D eigenvalue weighted by atomic mass is 10.0. The molecule has 3 unspecified atom stereocenters. The first-order valence-corrected chi connectivity index (χ1v) is 36.5. The van der Waals surface area contributed by atoms with Crippen LogP contribution in [0.2, 0.25) is 0 Å². The number of hydrogen-bond donors (Lipinski definition) is 2. The van der Waals surface area contributed by atoms with Gasteiger partial charge in [0.15, 0.2) is 0 Å². The van der Waals surface area contributed by atoms with Gasteiger partial charge in [-0.3, -0.25) is 18.6 Å². The molecule has 470 valence electrons. The summed E-state index contributed by atoms with van der Waals surface area (Å²) in [5, 5.41) is 3.07. The molecule has 0 spiro atoms. The Morgan fingerprint density at radius 3 is 1.04 bits per heavy atom. The molecule has 0 aromatic carbocycles. The fraction of sp³-hybridized carbons (Fsp3) is 0.942. The first-order valence-electron chi connectivity index (χ1n) is 35.0. The van der Waals surface area contributed by atoms with Gasteiger partial charge >= 0.3 is 13.8 Å². The van der Waals surface area contributed by atoms with Crippen LogP contribution in [0.4, 0.5) is 0 Å². The van der Waals surface area contributed by atoms with Crippen molar-refractivity contribution in [3.8, 4) is 0 Å². The van der Waals surface area contributed by atoms with Crippen molar-refractivity contribution in [2.75, 3.05) is 40.9 Å². The second-order valence-corrected chi connectivity index (χ2v) is 26.9. The number of hydrogen-bond acceptors (Lipinski definition) is 6. The van der Waals surface area contributed by atoms with E-state index in [1.807, 2.05) is 33.3 Å². The molecule has 0 saturated heterocycles. The van der Waals surface area contributed by atoms with Crippen molar-refractivity contribution in [3.05, 3.63) is 12.2 Å². The maximum atomic E-state index is 13.6. The smallest absolute Gasteiger partial charge is 0.456 e. The monoisotopic (exact) mass is 1140 g/mol. The van der Waals surface area contributed by atoms with E-state index in [0.29, 0.717) is 23.9 Å². The van der Waals surface area contributed by atoms with Gasteiger partial charge in [0.1, 0.15) is 19.3 Å². The van der Waals surface area contributed by atoms with E-state index in [1.165, 1.54) is 276 Å². The molecule has 0 aromatic rings. The minimum atomic E-state index is -4.44. The number of allylic oxidation sites excluding steroid dienone is 1. The molecule has 0 aliphatic rings. The molecule has 0 radical (unpaired) electrons. The molecule has 0 aromatic heterocycles. The maximum absolute atomic E-state index is 13.6. The Labute approximate surface area is 492 Å². The Kier molecular flexibility index (Phi) is 58.9. The third-order valence-corrected chi connectivity index (χ3v) is 17.2. The SMILES string of the molecule is CCCCCCCCCCC/C=C\C(OC(=O)CCCCCCCCCCCCCCCCCCCCCCCCCCCCC)C(COP(=O)(O)OCC[N+](C)(C)C)NC(=O)CCCCCCCCCCCCCCCCC. The first kappa shape index (κ1) is 77.8. The van der Waals surface area contributed by atoms with Crippen molar-refractivity contribution in [2.24, 2.45) is 0 Å². The Morgan fingerprint density at radius 1 is 0.430 bits per heavy atom. The largest absolute Gasteiger partial charge is 0.472 e. The third kappa shape index (κ3) is 61.1. The van der Waals surface area contributed by atoms with Gasteiger partial charge in [0.2, 0.25) is 5.91 Å². The van der Waals surface area contributed by atoms with Gasteiger partial charge in [-0.25, -0.2) is 4.57 Å². The van der Waals surface area contributed by atoms with Crippen molar-refractivity contribution < 1.29 is 37.3 Å². The van der Waals surface area contributed by atoms with Crippen molar-refractivity contribution in [1.82, 2.24) is 5.32 Å². The van der Waals surface area contributed by atoms with Gasteiger partial charge in [0, 0.05) is 12.8 Å². The van der Waals surface area contributed by atoms with Crippen LogP contribution in [0.5, 0.6) is 0 Å². The Balaban J connectivity index is 4.90. The van der Waals surface area contributed by atoms with E-state index in [-0.39, 0.29) is 25.1 Å². The number of nitrogens with zero attached hydrogens (tertiary/aromatic N) is 1. The van der Waals surface area contributed by atoms with Gasteiger partial charge in [0.25, 0.3) is 0 Å². The minimum absolute atomic E-state index is 0.0458. The van der Waals surface area contributed by atoms with Crippen molar-refractivity contribution in [1.29, 1.82) is 0 Å². The fourth-order valence-electron chi connectivity index (χ4n) is 10.8. The zero-order valence-electron chi connectivity index (χ0n) is 53.9. The number of nitrogens with one attached hydrogen (secondary N) is 1. The molecule has 0 bridgehead atoms. The van der Waals surface area contributed by atoms with Crippen LogP contribution in [-0.4, -0.2) is 74.3 Å². The second-order valence-electron chi connectivity index (χ2n) is 25.4. The predicted octanol–water partition coefficient (Wildman–Crippen LogP) is 21.9. The molecule has 0 aliphatic heterocycles. The Hall–Kier alpha value is -1.25. The number of carbonyl (C=O) groups excluding carboxylic acids is 2. The van der Waals surface area contributed by atoms with E-state index in [9.17, 15) is 19.0 Å². The average molecular weight is 1140 g/mol. The van der Waals surface area contributed by atoms with E-state index >= 15 is 0 Å². The van der Waals surface area contributed by atoms with Crippen molar-refractivity contribution in [3.63, 3.8) is 0 Å². The first-order chi connectivity index (χ1) is 38.4. The lowest BCUT2D eigenvalue weighted by Crippen LogP contribution is -2.47. The summed E-state index contributed by atoms with van der Waals surface area (Å²) in [7, 11) is 1.52.